The van der Waals surface area contributed by atoms with Gasteiger partial charge >= 0.3 is 0 Å². The molecule has 0 bridgehead atoms. The molecule has 0 amide bonds. The van der Waals surface area contributed by atoms with Crippen LogP contribution in [-0.2, 0) is 0 Å². The molecule has 0 atom stereocenters. The highest BCUT2D eigenvalue weighted by molar-refractivity contribution is 4.93. The normalized spacial score (nSPS) is 27.5. The average molecular weight is 154 g/mol. The van der Waals surface area contributed by atoms with E-state index in [4.69, 9.17) is 0 Å². The summed E-state index contributed by atoms with van der Waals surface area (Å²) in [6, 6.07) is 2.44. The molecule has 0 spiro atoms. The SMILES string of the molecule is CC(C)N1CC(NC2CC2)C1. The van der Waals surface area contributed by atoms with E-state index in [1.165, 1.54) is 25.9 Å². The van der Waals surface area contributed by atoms with Crippen molar-refractivity contribution in [3.8, 4) is 0 Å². The number of nitrogens with zero attached hydrogens (tertiary/aromatic N) is 1. The predicted octanol–water partition coefficient (Wildman–Crippen LogP) is 0.831. The number of rotatable bonds is 3. The van der Waals surface area contributed by atoms with Gasteiger partial charge < -0.3 is 5.32 Å². The highest BCUT2D eigenvalue weighted by Gasteiger charge is 2.32. The van der Waals surface area contributed by atoms with Gasteiger partial charge in [0.25, 0.3) is 0 Å². The summed E-state index contributed by atoms with van der Waals surface area (Å²) in [5.41, 5.74) is 0. The first-order valence-corrected chi connectivity index (χ1v) is 4.76. The van der Waals surface area contributed by atoms with Crippen LogP contribution >= 0.6 is 0 Å². The largest absolute Gasteiger partial charge is 0.309 e. The van der Waals surface area contributed by atoms with Crippen molar-refractivity contribution in [3.05, 3.63) is 0 Å². The first-order chi connectivity index (χ1) is 5.25. The van der Waals surface area contributed by atoms with Crippen molar-refractivity contribution in [2.24, 2.45) is 0 Å². The fraction of sp³-hybridized carbons (Fsp3) is 1.00. The Morgan fingerprint density at radius 3 is 2.27 bits per heavy atom. The van der Waals surface area contributed by atoms with Gasteiger partial charge in [-0.15, -0.1) is 0 Å². The highest BCUT2D eigenvalue weighted by atomic mass is 15.3. The van der Waals surface area contributed by atoms with Gasteiger partial charge in [0.05, 0.1) is 0 Å². The van der Waals surface area contributed by atoms with Crippen molar-refractivity contribution < 1.29 is 0 Å². The lowest BCUT2D eigenvalue weighted by atomic mass is 10.1. The van der Waals surface area contributed by atoms with E-state index in [0.717, 1.165) is 18.1 Å². The molecule has 64 valence electrons. The van der Waals surface area contributed by atoms with Gasteiger partial charge in [-0.3, -0.25) is 4.90 Å². The second-order valence-electron chi connectivity index (χ2n) is 4.19. The summed E-state index contributed by atoms with van der Waals surface area (Å²) in [4.78, 5) is 2.51. The second-order valence-corrected chi connectivity index (χ2v) is 4.19. The number of hydrogen-bond acceptors (Lipinski definition) is 2. The maximum atomic E-state index is 3.63. The molecule has 2 aliphatic rings. The van der Waals surface area contributed by atoms with Gasteiger partial charge in [-0.25, -0.2) is 0 Å². The van der Waals surface area contributed by atoms with Gasteiger partial charge in [-0.05, 0) is 26.7 Å². The standard InChI is InChI=1S/C9H18N2/c1-7(2)11-5-9(6-11)10-8-3-4-8/h7-10H,3-6H2,1-2H3. The average Bonchev–Trinajstić information content (AvgIpc) is 2.58. The third-order valence-electron chi connectivity index (χ3n) is 2.69. The molecule has 0 radical (unpaired) electrons. The van der Waals surface area contributed by atoms with Crippen LogP contribution < -0.4 is 5.32 Å². The summed E-state index contributed by atoms with van der Waals surface area (Å²) in [6.45, 7) is 7.09. The topological polar surface area (TPSA) is 15.3 Å². The van der Waals surface area contributed by atoms with E-state index in [2.05, 4.69) is 24.1 Å². The van der Waals surface area contributed by atoms with Crippen LogP contribution in [0.15, 0.2) is 0 Å². The van der Waals surface area contributed by atoms with Crippen molar-refractivity contribution >= 4 is 0 Å². The third-order valence-corrected chi connectivity index (χ3v) is 2.69. The van der Waals surface area contributed by atoms with Crippen molar-refractivity contribution in [3.63, 3.8) is 0 Å². The maximum absolute atomic E-state index is 3.63. The molecule has 11 heavy (non-hydrogen) atoms. The second kappa shape index (κ2) is 2.76. The molecule has 1 heterocycles. The summed E-state index contributed by atoms with van der Waals surface area (Å²) in [5, 5.41) is 3.63. The van der Waals surface area contributed by atoms with Crippen LogP contribution in [-0.4, -0.2) is 36.1 Å². The predicted molar refractivity (Wildman–Crippen MR) is 46.7 cm³/mol. The van der Waals surface area contributed by atoms with E-state index in [1.807, 2.05) is 0 Å². The Bertz CT molecular complexity index is 134. The lowest BCUT2D eigenvalue weighted by Gasteiger charge is -2.42. The molecule has 1 aliphatic heterocycles. The lowest BCUT2D eigenvalue weighted by Crippen LogP contribution is -2.60. The lowest BCUT2D eigenvalue weighted by molar-refractivity contribution is 0.0912. The Kier molecular flexibility index (Phi) is 1.90. The Hall–Kier alpha value is -0.0800. The van der Waals surface area contributed by atoms with E-state index in [0.29, 0.717) is 0 Å². The first-order valence-electron chi connectivity index (χ1n) is 4.76. The molecule has 1 aliphatic carbocycles. The maximum Gasteiger partial charge on any atom is 0.0325 e. The molecular weight excluding hydrogens is 136 g/mol. The third kappa shape index (κ3) is 1.74. The molecule has 0 unspecified atom stereocenters. The van der Waals surface area contributed by atoms with Crippen LogP contribution in [0.4, 0.5) is 0 Å². The smallest absolute Gasteiger partial charge is 0.0325 e. The molecular formula is C9H18N2. The fourth-order valence-electron chi connectivity index (χ4n) is 1.62. The Morgan fingerprint density at radius 1 is 1.18 bits per heavy atom. The molecule has 0 aromatic carbocycles. The van der Waals surface area contributed by atoms with Gasteiger partial charge in [0.2, 0.25) is 0 Å². The van der Waals surface area contributed by atoms with Crippen molar-refractivity contribution in [1.82, 2.24) is 10.2 Å². The van der Waals surface area contributed by atoms with Crippen molar-refractivity contribution in [2.45, 2.75) is 44.8 Å². The van der Waals surface area contributed by atoms with Crippen LogP contribution in [0.1, 0.15) is 26.7 Å². The molecule has 2 nitrogen and oxygen atoms in total. The molecule has 0 aromatic heterocycles. The molecule has 2 fully saturated rings. The summed E-state index contributed by atoms with van der Waals surface area (Å²) >= 11 is 0. The molecule has 1 N–H and O–H groups in total. The number of hydrogen-bond donors (Lipinski definition) is 1. The summed E-state index contributed by atoms with van der Waals surface area (Å²) in [7, 11) is 0. The van der Waals surface area contributed by atoms with Crippen LogP contribution in [0.2, 0.25) is 0 Å². The van der Waals surface area contributed by atoms with Crippen molar-refractivity contribution in [2.75, 3.05) is 13.1 Å². The van der Waals surface area contributed by atoms with Crippen LogP contribution in [0.5, 0.6) is 0 Å². The fourth-order valence-corrected chi connectivity index (χ4v) is 1.62. The summed E-state index contributed by atoms with van der Waals surface area (Å²) in [6.07, 6.45) is 2.83. The number of nitrogens with one attached hydrogen (secondary N) is 1. The van der Waals surface area contributed by atoms with Gasteiger partial charge in [0, 0.05) is 31.2 Å². The quantitative estimate of drug-likeness (QED) is 0.648. The molecule has 0 aromatic rings. The Morgan fingerprint density at radius 2 is 1.82 bits per heavy atom. The molecule has 1 saturated heterocycles. The number of likely N-dealkylation sites (tertiary alicyclic amines) is 1. The van der Waals surface area contributed by atoms with Gasteiger partial charge in [0.15, 0.2) is 0 Å². The Balaban J connectivity index is 1.63. The molecule has 1 saturated carbocycles. The zero-order valence-electron chi connectivity index (χ0n) is 7.51. The monoisotopic (exact) mass is 154 g/mol. The minimum atomic E-state index is 0.743. The van der Waals surface area contributed by atoms with E-state index in [-0.39, 0.29) is 0 Å². The Labute approximate surface area is 69.0 Å². The van der Waals surface area contributed by atoms with E-state index >= 15 is 0 Å². The zero-order valence-corrected chi connectivity index (χ0v) is 7.51. The van der Waals surface area contributed by atoms with Gasteiger partial charge in [0.1, 0.15) is 0 Å². The minimum absolute atomic E-state index is 0.743. The van der Waals surface area contributed by atoms with Gasteiger partial charge in [-0.2, -0.15) is 0 Å². The first kappa shape index (κ1) is 7.56. The van der Waals surface area contributed by atoms with E-state index in [1.54, 1.807) is 0 Å². The summed E-state index contributed by atoms with van der Waals surface area (Å²) < 4.78 is 0. The highest BCUT2D eigenvalue weighted by Crippen LogP contribution is 2.22. The van der Waals surface area contributed by atoms with E-state index in [9.17, 15) is 0 Å². The zero-order chi connectivity index (χ0) is 7.84. The van der Waals surface area contributed by atoms with Crippen LogP contribution in [0.25, 0.3) is 0 Å². The summed E-state index contributed by atoms with van der Waals surface area (Å²) in [5.74, 6) is 0. The van der Waals surface area contributed by atoms with Crippen LogP contribution in [0.3, 0.4) is 0 Å². The van der Waals surface area contributed by atoms with E-state index < -0.39 is 0 Å². The minimum Gasteiger partial charge on any atom is -0.309 e. The van der Waals surface area contributed by atoms with Gasteiger partial charge in [-0.1, -0.05) is 0 Å². The molecule has 2 heteroatoms. The van der Waals surface area contributed by atoms with Crippen LogP contribution in [0, 0.1) is 0 Å². The van der Waals surface area contributed by atoms with Crippen molar-refractivity contribution in [1.29, 1.82) is 0 Å². The molecule has 2 rings (SSSR count).